The molecule has 0 spiro atoms. The predicted molar refractivity (Wildman–Crippen MR) is 194 cm³/mol. The maximum atomic E-state index is 12.6. The van der Waals surface area contributed by atoms with E-state index in [0.717, 1.165) is 9.80 Å². The van der Waals surface area contributed by atoms with Crippen LogP contribution in [-0.4, -0.2) is 201 Å². The molecule has 13 N–H and O–H groups in total. The maximum absolute atomic E-state index is 12.6. The molecular formula is C29H49GdN8O16S2+4. The fourth-order valence-corrected chi connectivity index (χ4v) is 7.20. The van der Waals surface area contributed by atoms with Crippen LogP contribution in [0, 0.1) is 39.9 Å². The van der Waals surface area contributed by atoms with Gasteiger partial charge in [-0.05, 0) is 13.3 Å². The second kappa shape index (κ2) is 29.8. The van der Waals surface area contributed by atoms with Crippen molar-refractivity contribution in [3.05, 3.63) is 0 Å². The number of nitrogens with zero attached hydrogens (tertiary/aromatic N) is 3. The predicted octanol–water partition coefficient (Wildman–Crippen LogP) is -5.72. The molecule has 5 amide bonds. The topological polar surface area (TPSA) is 375 Å². The van der Waals surface area contributed by atoms with Crippen molar-refractivity contribution in [2.75, 3.05) is 83.5 Å². The number of carboxylic acid groups (broad SMARTS) is 5. The number of carbonyl (C=O) groups is 10. The summed E-state index contributed by atoms with van der Waals surface area (Å²) in [4.78, 5) is 122. The number of amides is 5. The summed E-state index contributed by atoms with van der Waals surface area (Å²) >= 11 is 0. The van der Waals surface area contributed by atoms with Crippen molar-refractivity contribution in [2.24, 2.45) is 0 Å². The van der Waals surface area contributed by atoms with E-state index in [0.29, 0.717) is 5.75 Å². The summed E-state index contributed by atoms with van der Waals surface area (Å²) < 4.78 is 0. The molecule has 317 valence electrons. The first-order valence-corrected chi connectivity index (χ1v) is 18.8. The molecule has 0 aromatic rings. The van der Waals surface area contributed by atoms with Crippen molar-refractivity contribution in [1.29, 1.82) is 0 Å². The Morgan fingerprint density at radius 3 is 1.68 bits per heavy atom. The van der Waals surface area contributed by atoms with Crippen molar-refractivity contribution < 1.29 is 119 Å². The standard InChI is InChI=1S/C29H46N8O15S2.Gd.H2O/c1-17-15-53-54-16-18(28(50)32-10-22(40)33-17)34-23(41)9-31-21(39)8-30-20(38)3-2-19(29(51)52)37(6-4-35(11-24(42)43)12-25(44)45)7-5-36(13-26(46)47)14-27(48)49;;/h17-19H,2-16H2,1H3,(H,30,38)(H,31,39)(H,32,50)(H,33,40)(H,34,41)(H,42,43)(H,44,45)(H,46,47)(H,48,49)(H,51,52);;1H2/q;+3;/p+1/t17-,18?,19+;;/m1../s1. The van der Waals surface area contributed by atoms with Crippen molar-refractivity contribution in [3.8, 4) is 0 Å². The van der Waals surface area contributed by atoms with E-state index in [1.807, 2.05) is 0 Å². The van der Waals surface area contributed by atoms with Gasteiger partial charge in [0.05, 0.1) is 45.8 Å². The molecule has 1 saturated heterocycles. The van der Waals surface area contributed by atoms with Crippen LogP contribution in [0.15, 0.2) is 0 Å². The quantitative estimate of drug-likeness (QED) is 0.0318. The van der Waals surface area contributed by atoms with Crippen LogP contribution in [0.5, 0.6) is 0 Å². The number of carbonyl (C=O) groups excluding carboxylic acids is 5. The Balaban J connectivity index is 0. The van der Waals surface area contributed by atoms with Gasteiger partial charge < -0.3 is 57.6 Å². The van der Waals surface area contributed by atoms with Crippen LogP contribution in [0.2, 0.25) is 0 Å². The summed E-state index contributed by atoms with van der Waals surface area (Å²) in [6.07, 6.45) is -0.854. The zero-order chi connectivity index (χ0) is 40.8. The van der Waals surface area contributed by atoms with E-state index in [4.69, 9.17) is 20.4 Å². The average Bonchev–Trinajstić information content (AvgIpc) is 3.08. The second-order valence-corrected chi connectivity index (χ2v) is 14.4. The van der Waals surface area contributed by atoms with Gasteiger partial charge in [-0.1, -0.05) is 21.6 Å². The summed E-state index contributed by atoms with van der Waals surface area (Å²) in [5, 5.41) is 58.8. The molecule has 56 heavy (non-hydrogen) atoms. The Hall–Kier alpha value is -3.44. The van der Waals surface area contributed by atoms with Gasteiger partial charge in [0, 0.05) is 50.1 Å². The third-order valence-electron chi connectivity index (χ3n) is 7.22. The van der Waals surface area contributed by atoms with E-state index in [-0.39, 0.29) is 96.4 Å². The number of hydrogen-bond donors (Lipinski definition) is 10. The number of aliphatic carboxylic acids is 5. The van der Waals surface area contributed by atoms with Crippen LogP contribution in [0.25, 0.3) is 0 Å². The molecule has 24 nitrogen and oxygen atoms in total. The molecule has 1 heterocycles. The van der Waals surface area contributed by atoms with Crippen molar-refractivity contribution in [2.45, 2.75) is 37.9 Å². The molecule has 0 aromatic heterocycles. The van der Waals surface area contributed by atoms with E-state index in [2.05, 4.69) is 26.6 Å². The van der Waals surface area contributed by atoms with E-state index in [9.17, 15) is 53.1 Å². The van der Waals surface area contributed by atoms with Crippen LogP contribution in [0.3, 0.4) is 0 Å². The average molecular weight is 987 g/mol. The molecule has 1 radical (unpaired) electrons. The summed E-state index contributed by atoms with van der Waals surface area (Å²) in [5.74, 6) is -9.46. The maximum Gasteiger partial charge on any atom is 3.00 e. The minimum absolute atomic E-state index is 0. The number of nitrogens with one attached hydrogen (secondary N) is 5. The van der Waals surface area contributed by atoms with Gasteiger partial charge in [-0.15, -0.1) is 0 Å². The van der Waals surface area contributed by atoms with E-state index >= 15 is 0 Å². The first kappa shape index (κ1) is 54.7. The summed E-state index contributed by atoms with van der Waals surface area (Å²) in [5.41, 5.74) is 0. The monoisotopic (exact) mass is 987 g/mol. The van der Waals surface area contributed by atoms with Crippen LogP contribution >= 0.6 is 21.6 Å². The molecule has 0 aromatic carbocycles. The van der Waals surface area contributed by atoms with Gasteiger partial charge in [0.1, 0.15) is 12.1 Å². The number of carboxylic acids is 5. The van der Waals surface area contributed by atoms with Gasteiger partial charge in [-0.25, -0.2) is 0 Å². The van der Waals surface area contributed by atoms with E-state index < -0.39 is 117 Å². The summed E-state index contributed by atoms with van der Waals surface area (Å²) in [6, 6.07) is -2.62. The van der Waals surface area contributed by atoms with E-state index in [1.54, 1.807) is 6.92 Å². The summed E-state index contributed by atoms with van der Waals surface area (Å²) in [6.45, 7) is -3.59. The van der Waals surface area contributed by atoms with E-state index in [1.165, 1.54) is 26.5 Å². The zero-order valence-electron chi connectivity index (χ0n) is 30.2. The van der Waals surface area contributed by atoms with Crippen molar-refractivity contribution in [3.63, 3.8) is 0 Å². The van der Waals surface area contributed by atoms with Gasteiger partial charge in [0.25, 0.3) is 0 Å². The number of hydrogen-bond acceptors (Lipinski definition) is 15. The largest absolute Gasteiger partial charge is 3.00 e. The van der Waals surface area contributed by atoms with Crippen LogP contribution in [0.4, 0.5) is 0 Å². The first-order chi connectivity index (χ1) is 25.4. The molecule has 0 bridgehead atoms. The van der Waals surface area contributed by atoms with Crippen LogP contribution in [-0.2, 0) is 53.4 Å². The third kappa shape index (κ3) is 25.7. The van der Waals surface area contributed by atoms with Gasteiger partial charge in [-0.2, -0.15) is 0 Å². The normalized spacial score (nSPS) is 16.4. The zero-order valence-corrected chi connectivity index (χ0v) is 34.1. The minimum atomic E-state index is -1.47. The fraction of sp³-hybridized carbons (Fsp3) is 0.655. The molecular weight excluding hydrogens is 938 g/mol. The molecule has 3 atom stereocenters. The van der Waals surface area contributed by atoms with Gasteiger partial charge in [0.2, 0.25) is 29.5 Å². The second-order valence-electron chi connectivity index (χ2n) is 11.9. The summed E-state index contributed by atoms with van der Waals surface area (Å²) in [7, 11) is 2.70. The third-order valence-corrected chi connectivity index (χ3v) is 9.81. The molecule has 1 aliphatic heterocycles. The van der Waals surface area contributed by atoms with Gasteiger partial charge in [-0.3, -0.25) is 62.6 Å². The fourth-order valence-electron chi connectivity index (χ4n) is 4.75. The van der Waals surface area contributed by atoms with Gasteiger partial charge in [0.15, 0.2) is 0 Å². The van der Waals surface area contributed by atoms with Crippen molar-refractivity contribution in [1.82, 2.24) is 41.3 Å². The SMILES string of the molecule is C[C@@H]1CSSCC(NC(=O)CNC(=O)CNC(=O)CC[C@@H](C(=O)O)N(CCN(CC(=O)O)CC(=O)O)CCN(CC(=O)O)CC(=O)O)C(=O)NCC(=O)N1.[Gd+3].[OH3+]. The Morgan fingerprint density at radius 1 is 0.732 bits per heavy atom. The molecule has 0 saturated carbocycles. The Kier molecular flexibility index (Phi) is 29.0. The molecule has 0 aliphatic carbocycles. The molecule has 1 aliphatic rings. The Bertz CT molecular complexity index is 1310. The smallest absolute Gasteiger partial charge is 0.480 e. The molecule has 27 heteroatoms. The minimum Gasteiger partial charge on any atom is -0.480 e. The van der Waals surface area contributed by atoms with Gasteiger partial charge >= 0.3 is 69.8 Å². The van der Waals surface area contributed by atoms with Crippen LogP contribution in [0.1, 0.15) is 19.8 Å². The van der Waals surface area contributed by atoms with Crippen LogP contribution < -0.4 is 26.6 Å². The number of rotatable bonds is 24. The first-order valence-electron chi connectivity index (χ1n) is 16.3. The Labute approximate surface area is 360 Å². The molecule has 1 fully saturated rings. The Morgan fingerprint density at radius 2 is 1.20 bits per heavy atom. The van der Waals surface area contributed by atoms with Crippen molar-refractivity contribution >= 4 is 81.0 Å². The molecule has 1 unspecified atom stereocenters. The molecule has 1 rings (SSSR count).